The van der Waals surface area contributed by atoms with Crippen LogP contribution in [0.5, 0.6) is 0 Å². The van der Waals surface area contributed by atoms with E-state index >= 15 is 0 Å². The lowest BCUT2D eigenvalue weighted by molar-refractivity contribution is 0.0980. The molecule has 1 aromatic rings. The van der Waals surface area contributed by atoms with Crippen LogP contribution in [0.4, 0.5) is 0 Å². The maximum atomic E-state index is 12.6. The SMILES string of the molecule is C=CC1=C(/C=C\CCC)C(=O)c2cccc(C)c2C1=O. The minimum Gasteiger partial charge on any atom is -0.289 e. The first-order valence-electron chi connectivity index (χ1n) is 6.84. The van der Waals surface area contributed by atoms with E-state index in [9.17, 15) is 9.59 Å². The molecule has 2 rings (SSSR count). The number of carbonyl (C=O) groups is 2. The molecule has 0 atom stereocenters. The molecule has 0 fully saturated rings. The van der Waals surface area contributed by atoms with E-state index in [1.807, 2.05) is 25.1 Å². The van der Waals surface area contributed by atoms with Gasteiger partial charge in [-0.15, -0.1) is 0 Å². The van der Waals surface area contributed by atoms with Crippen LogP contribution >= 0.6 is 0 Å². The summed E-state index contributed by atoms with van der Waals surface area (Å²) >= 11 is 0. The minimum absolute atomic E-state index is 0.0921. The van der Waals surface area contributed by atoms with Crippen molar-refractivity contribution in [2.45, 2.75) is 26.7 Å². The number of aryl methyl sites for hydroxylation is 1. The highest BCUT2D eigenvalue weighted by Gasteiger charge is 2.30. The van der Waals surface area contributed by atoms with Gasteiger partial charge in [0, 0.05) is 22.3 Å². The fourth-order valence-electron chi connectivity index (χ4n) is 2.42. The number of hydrogen-bond donors (Lipinski definition) is 0. The smallest absolute Gasteiger partial charge is 0.194 e. The zero-order chi connectivity index (χ0) is 14.7. The Balaban J connectivity index is 2.60. The number of fused-ring (bicyclic) bond motifs is 1. The van der Waals surface area contributed by atoms with Gasteiger partial charge in [0.15, 0.2) is 11.6 Å². The van der Waals surface area contributed by atoms with Crippen molar-refractivity contribution in [1.82, 2.24) is 0 Å². The molecule has 0 spiro atoms. The van der Waals surface area contributed by atoms with Crippen molar-refractivity contribution in [2.75, 3.05) is 0 Å². The van der Waals surface area contributed by atoms with Gasteiger partial charge in [-0.1, -0.05) is 56.4 Å². The third-order valence-corrected chi connectivity index (χ3v) is 3.47. The molecule has 0 heterocycles. The van der Waals surface area contributed by atoms with Gasteiger partial charge in [0.05, 0.1) is 0 Å². The number of Topliss-reactive ketones (excluding diaryl/α,β-unsaturated/α-hetero) is 2. The third kappa shape index (κ3) is 2.29. The van der Waals surface area contributed by atoms with E-state index < -0.39 is 0 Å². The Hall–Kier alpha value is -2.22. The topological polar surface area (TPSA) is 34.1 Å². The zero-order valence-electron chi connectivity index (χ0n) is 11.9. The first kappa shape index (κ1) is 14.2. The summed E-state index contributed by atoms with van der Waals surface area (Å²) < 4.78 is 0. The number of unbranched alkanes of at least 4 members (excludes halogenated alkanes) is 1. The number of benzene rings is 1. The summed E-state index contributed by atoms with van der Waals surface area (Å²) in [4.78, 5) is 25.1. The normalized spacial score (nSPS) is 14.9. The predicted molar refractivity (Wildman–Crippen MR) is 81.1 cm³/mol. The molecular weight excluding hydrogens is 248 g/mol. The van der Waals surface area contributed by atoms with Crippen molar-refractivity contribution < 1.29 is 9.59 Å². The summed E-state index contributed by atoms with van der Waals surface area (Å²) in [5.41, 5.74) is 2.70. The van der Waals surface area contributed by atoms with Gasteiger partial charge in [0.2, 0.25) is 0 Å². The molecule has 0 aromatic heterocycles. The Morgan fingerprint density at radius 2 is 1.90 bits per heavy atom. The van der Waals surface area contributed by atoms with E-state index in [0.29, 0.717) is 22.3 Å². The predicted octanol–water partition coefficient (Wildman–Crippen LogP) is 4.21. The number of rotatable bonds is 4. The van der Waals surface area contributed by atoms with Crippen molar-refractivity contribution in [1.29, 1.82) is 0 Å². The van der Waals surface area contributed by atoms with Gasteiger partial charge in [-0.3, -0.25) is 9.59 Å². The van der Waals surface area contributed by atoms with Gasteiger partial charge < -0.3 is 0 Å². The van der Waals surface area contributed by atoms with Crippen molar-refractivity contribution in [2.24, 2.45) is 0 Å². The van der Waals surface area contributed by atoms with E-state index in [1.54, 1.807) is 12.1 Å². The lowest BCUT2D eigenvalue weighted by atomic mass is 9.82. The van der Waals surface area contributed by atoms with Crippen molar-refractivity contribution in [3.05, 3.63) is 70.8 Å². The molecule has 0 aliphatic heterocycles. The number of carbonyl (C=O) groups excluding carboxylic acids is 2. The fraction of sp³-hybridized carbons (Fsp3) is 0.222. The Morgan fingerprint density at radius 1 is 1.15 bits per heavy atom. The maximum absolute atomic E-state index is 12.6. The quantitative estimate of drug-likeness (QED) is 0.818. The second kappa shape index (κ2) is 5.83. The highest BCUT2D eigenvalue weighted by Crippen LogP contribution is 2.29. The highest BCUT2D eigenvalue weighted by atomic mass is 16.1. The molecule has 0 saturated carbocycles. The number of hydrogen-bond acceptors (Lipinski definition) is 2. The standard InChI is InChI=1S/C18H18O2/c1-4-6-7-10-14-13(5-2)18(20)16-12(3)9-8-11-15(16)17(14)19/h5,7-11H,2,4,6H2,1,3H3/b10-7-. The van der Waals surface area contributed by atoms with Gasteiger partial charge in [0.25, 0.3) is 0 Å². The van der Waals surface area contributed by atoms with Crippen LogP contribution in [-0.2, 0) is 0 Å². The van der Waals surface area contributed by atoms with Crippen LogP contribution in [0.2, 0.25) is 0 Å². The Morgan fingerprint density at radius 3 is 2.55 bits per heavy atom. The minimum atomic E-state index is -0.108. The second-order valence-corrected chi connectivity index (χ2v) is 4.88. The van der Waals surface area contributed by atoms with Crippen LogP contribution in [0.1, 0.15) is 46.0 Å². The third-order valence-electron chi connectivity index (χ3n) is 3.47. The summed E-state index contributed by atoms with van der Waals surface area (Å²) in [6.07, 6.45) is 7.07. The summed E-state index contributed by atoms with van der Waals surface area (Å²) in [5, 5.41) is 0. The average molecular weight is 266 g/mol. The lowest BCUT2D eigenvalue weighted by Crippen LogP contribution is -2.21. The van der Waals surface area contributed by atoms with Crippen LogP contribution < -0.4 is 0 Å². The molecule has 1 aromatic carbocycles. The molecule has 20 heavy (non-hydrogen) atoms. The summed E-state index contributed by atoms with van der Waals surface area (Å²) in [5.74, 6) is -0.200. The Kier molecular flexibility index (Phi) is 4.14. The van der Waals surface area contributed by atoms with E-state index in [2.05, 4.69) is 13.5 Å². The Labute approximate surface area is 119 Å². The van der Waals surface area contributed by atoms with Crippen LogP contribution in [0.3, 0.4) is 0 Å². The van der Waals surface area contributed by atoms with Gasteiger partial charge in [-0.25, -0.2) is 0 Å². The first-order chi connectivity index (χ1) is 9.61. The van der Waals surface area contributed by atoms with E-state index in [1.165, 1.54) is 6.08 Å². The molecule has 102 valence electrons. The van der Waals surface area contributed by atoms with Gasteiger partial charge in [-0.05, 0) is 18.9 Å². The van der Waals surface area contributed by atoms with Crippen LogP contribution in [0.25, 0.3) is 0 Å². The fourth-order valence-corrected chi connectivity index (χ4v) is 2.42. The molecule has 0 amide bonds. The van der Waals surface area contributed by atoms with Crippen molar-refractivity contribution >= 4 is 11.6 Å². The lowest BCUT2D eigenvalue weighted by Gasteiger charge is -2.19. The van der Waals surface area contributed by atoms with Crippen LogP contribution in [-0.4, -0.2) is 11.6 Å². The molecule has 2 nitrogen and oxygen atoms in total. The van der Waals surface area contributed by atoms with Gasteiger partial charge in [-0.2, -0.15) is 0 Å². The van der Waals surface area contributed by atoms with Crippen LogP contribution in [0, 0.1) is 6.92 Å². The summed E-state index contributed by atoms with van der Waals surface area (Å²) in [6, 6.07) is 5.38. The molecule has 0 N–H and O–H groups in total. The van der Waals surface area contributed by atoms with Crippen molar-refractivity contribution in [3.8, 4) is 0 Å². The highest BCUT2D eigenvalue weighted by molar-refractivity contribution is 6.29. The van der Waals surface area contributed by atoms with E-state index in [0.717, 1.165) is 18.4 Å². The molecule has 0 radical (unpaired) electrons. The first-order valence-corrected chi connectivity index (χ1v) is 6.84. The summed E-state index contributed by atoms with van der Waals surface area (Å²) in [6.45, 7) is 7.60. The summed E-state index contributed by atoms with van der Waals surface area (Å²) in [7, 11) is 0. The van der Waals surface area contributed by atoms with Crippen LogP contribution in [0.15, 0.2) is 54.2 Å². The molecular formula is C18H18O2. The molecule has 2 heteroatoms. The second-order valence-electron chi connectivity index (χ2n) is 4.88. The number of ketones is 2. The van der Waals surface area contributed by atoms with E-state index in [-0.39, 0.29) is 11.6 Å². The Bertz CT molecular complexity index is 645. The average Bonchev–Trinajstić information content (AvgIpc) is 2.44. The van der Waals surface area contributed by atoms with Gasteiger partial charge in [0.1, 0.15) is 0 Å². The van der Waals surface area contributed by atoms with Gasteiger partial charge >= 0.3 is 0 Å². The molecule has 0 saturated heterocycles. The monoisotopic (exact) mass is 266 g/mol. The largest absolute Gasteiger partial charge is 0.289 e. The molecule has 1 aliphatic carbocycles. The molecule has 0 bridgehead atoms. The zero-order valence-corrected chi connectivity index (χ0v) is 11.9. The number of allylic oxidation sites excluding steroid dienone is 5. The van der Waals surface area contributed by atoms with E-state index in [4.69, 9.17) is 0 Å². The molecule has 1 aliphatic rings. The molecule has 0 unspecified atom stereocenters. The van der Waals surface area contributed by atoms with Crippen molar-refractivity contribution in [3.63, 3.8) is 0 Å². The maximum Gasteiger partial charge on any atom is 0.194 e.